The first-order valence-corrected chi connectivity index (χ1v) is 11.8. The van der Waals surface area contributed by atoms with Gasteiger partial charge in [-0.25, -0.2) is 8.42 Å². The summed E-state index contributed by atoms with van der Waals surface area (Å²) in [6.45, 7) is 0.471. The highest BCUT2D eigenvalue weighted by Gasteiger charge is 2.24. The van der Waals surface area contributed by atoms with Gasteiger partial charge in [0, 0.05) is 28.7 Å². The highest BCUT2D eigenvalue weighted by molar-refractivity contribution is 7.92. The monoisotopic (exact) mass is 472 g/mol. The van der Waals surface area contributed by atoms with Gasteiger partial charge in [0.05, 0.1) is 15.6 Å². The number of carbonyl (C=O) groups excluding carboxylic acids is 1. The number of hydrogen-bond donors (Lipinski definition) is 1. The molecule has 0 saturated heterocycles. The van der Waals surface area contributed by atoms with E-state index in [1.165, 1.54) is 0 Å². The maximum Gasteiger partial charge on any atom is 0.240 e. The molecule has 0 spiro atoms. The number of amides is 1. The van der Waals surface area contributed by atoms with Crippen LogP contribution in [0.4, 0.5) is 5.69 Å². The molecule has 158 valence electrons. The Labute approximate surface area is 190 Å². The minimum Gasteiger partial charge on any atom is -0.342 e. The molecule has 1 heterocycles. The fourth-order valence-corrected chi connectivity index (χ4v) is 5.05. The highest BCUT2D eigenvalue weighted by atomic mass is 35.5. The van der Waals surface area contributed by atoms with Crippen molar-refractivity contribution in [2.24, 2.45) is 0 Å². The van der Waals surface area contributed by atoms with Gasteiger partial charge in [-0.2, -0.15) is 0 Å². The quantitative estimate of drug-likeness (QED) is 0.407. The second-order valence-electron chi connectivity index (χ2n) is 7.05. The number of nitrogens with one attached hydrogen (secondary N) is 1. The van der Waals surface area contributed by atoms with E-state index in [0.29, 0.717) is 27.7 Å². The molecule has 0 saturated carbocycles. The SMILES string of the molecule is O=C(CS(=O)(=O)c1cn(Cc2ccc(Cl)cc2)c2ccccc12)Nc1ccccc1Cl. The zero-order valence-electron chi connectivity index (χ0n) is 16.3. The van der Waals surface area contributed by atoms with Crippen molar-refractivity contribution in [1.82, 2.24) is 4.57 Å². The standard InChI is InChI=1S/C23H18Cl2N2O3S/c24-17-11-9-16(10-12-17)13-27-14-22(18-5-1-4-8-21(18)27)31(29,30)15-23(28)26-20-7-3-2-6-19(20)25/h1-12,14H,13,15H2,(H,26,28). The fraction of sp³-hybridized carbons (Fsp3) is 0.0870. The number of carbonyl (C=O) groups is 1. The van der Waals surface area contributed by atoms with Crippen molar-refractivity contribution in [3.8, 4) is 0 Å². The molecule has 0 unspecified atom stereocenters. The van der Waals surface area contributed by atoms with Crippen molar-refractivity contribution < 1.29 is 13.2 Å². The second kappa shape index (κ2) is 8.75. The van der Waals surface area contributed by atoms with Crippen LogP contribution in [0.2, 0.25) is 10.0 Å². The van der Waals surface area contributed by atoms with Gasteiger partial charge in [0.25, 0.3) is 0 Å². The van der Waals surface area contributed by atoms with E-state index in [0.717, 1.165) is 11.1 Å². The normalized spacial score (nSPS) is 11.5. The van der Waals surface area contributed by atoms with E-state index in [1.807, 2.05) is 28.8 Å². The zero-order chi connectivity index (χ0) is 22.0. The molecular formula is C23H18Cl2N2O3S. The number of fused-ring (bicyclic) bond motifs is 1. The van der Waals surface area contributed by atoms with Crippen LogP contribution in [0.5, 0.6) is 0 Å². The number of nitrogens with zero attached hydrogens (tertiary/aromatic N) is 1. The molecule has 1 N–H and O–H groups in total. The van der Waals surface area contributed by atoms with Crippen LogP contribution in [-0.4, -0.2) is 24.6 Å². The first kappa shape index (κ1) is 21.4. The van der Waals surface area contributed by atoms with E-state index >= 15 is 0 Å². The smallest absolute Gasteiger partial charge is 0.240 e. The molecule has 1 aromatic heterocycles. The molecule has 0 radical (unpaired) electrons. The van der Waals surface area contributed by atoms with Crippen LogP contribution < -0.4 is 5.32 Å². The summed E-state index contributed by atoms with van der Waals surface area (Å²) in [7, 11) is -3.89. The Hall–Kier alpha value is -2.80. The third-order valence-electron chi connectivity index (χ3n) is 4.82. The van der Waals surface area contributed by atoms with E-state index in [4.69, 9.17) is 23.2 Å². The van der Waals surface area contributed by atoms with Crippen molar-refractivity contribution in [1.29, 1.82) is 0 Å². The van der Waals surface area contributed by atoms with Crippen LogP contribution in [0, 0.1) is 0 Å². The van der Waals surface area contributed by atoms with Crippen LogP contribution in [0.3, 0.4) is 0 Å². The molecule has 1 amide bonds. The number of halogens is 2. The second-order valence-corrected chi connectivity index (χ2v) is 9.85. The summed E-state index contributed by atoms with van der Waals surface area (Å²) in [5, 5.41) is 4.11. The molecule has 0 aliphatic heterocycles. The van der Waals surface area contributed by atoms with Gasteiger partial charge in [-0.3, -0.25) is 4.79 Å². The number of para-hydroxylation sites is 2. The lowest BCUT2D eigenvalue weighted by Crippen LogP contribution is -2.23. The van der Waals surface area contributed by atoms with Gasteiger partial charge in [-0.15, -0.1) is 0 Å². The lowest BCUT2D eigenvalue weighted by Gasteiger charge is -2.07. The highest BCUT2D eigenvalue weighted by Crippen LogP contribution is 2.28. The van der Waals surface area contributed by atoms with Crippen LogP contribution in [-0.2, 0) is 21.2 Å². The van der Waals surface area contributed by atoms with Gasteiger partial charge in [0.2, 0.25) is 5.91 Å². The molecule has 8 heteroatoms. The van der Waals surface area contributed by atoms with Crippen molar-refractivity contribution in [2.45, 2.75) is 11.4 Å². The number of sulfone groups is 1. The first-order valence-electron chi connectivity index (χ1n) is 9.43. The molecule has 0 aliphatic rings. The summed E-state index contributed by atoms with van der Waals surface area (Å²) >= 11 is 12.0. The molecule has 3 aromatic carbocycles. The van der Waals surface area contributed by atoms with Gasteiger partial charge in [-0.05, 0) is 35.9 Å². The Morgan fingerprint density at radius 3 is 2.32 bits per heavy atom. The van der Waals surface area contributed by atoms with E-state index in [2.05, 4.69) is 5.32 Å². The van der Waals surface area contributed by atoms with Gasteiger partial charge < -0.3 is 9.88 Å². The summed E-state index contributed by atoms with van der Waals surface area (Å²) in [6.07, 6.45) is 1.58. The predicted octanol–water partition coefficient (Wildman–Crippen LogP) is 5.41. The molecule has 0 atom stereocenters. The van der Waals surface area contributed by atoms with E-state index in [9.17, 15) is 13.2 Å². The van der Waals surface area contributed by atoms with Crippen molar-refractivity contribution >= 4 is 55.5 Å². The Balaban J connectivity index is 1.64. The van der Waals surface area contributed by atoms with Gasteiger partial charge in [0.1, 0.15) is 5.75 Å². The van der Waals surface area contributed by atoms with Gasteiger partial charge in [0.15, 0.2) is 9.84 Å². The number of aromatic nitrogens is 1. The van der Waals surface area contributed by atoms with Crippen molar-refractivity contribution in [3.63, 3.8) is 0 Å². The topological polar surface area (TPSA) is 68.2 Å². The van der Waals surface area contributed by atoms with Gasteiger partial charge >= 0.3 is 0 Å². The molecule has 31 heavy (non-hydrogen) atoms. The van der Waals surface area contributed by atoms with Crippen molar-refractivity contribution in [2.75, 3.05) is 11.1 Å². The fourth-order valence-electron chi connectivity index (χ4n) is 3.38. The largest absolute Gasteiger partial charge is 0.342 e. The number of anilines is 1. The lowest BCUT2D eigenvalue weighted by atomic mass is 10.2. The summed E-state index contributed by atoms with van der Waals surface area (Å²) in [5.41, 5.74) is 2.11. The summed E-state index contributed by atoms with van der Waals surface area (Å²) in [5.74, 6) is -1.34. The molecule has 0 aliphatic carbocycles. The maximum atomic E-state index is 13.1. The lowest BCUT2D eigenvalue weighted by molar-refractivity contribution is -0.113. The van der Waals surface area contributed by atoms with Crippen molar-refractivity contribution in [3.05, 3.63) is 94.6 Å². The Morgan fingerprint density at radius 1 is 0.903 bits per heavy atom. The maximum absolute atomic E-state index is 13.1. The van der Waals surface area contributed by atoms with E-state index < -0.39 is 21.5 Å². The summed E-state index contributed by atoms with van der Waals surface area (Å²) in [4.78, 5) is 12.6. The minimum atomic E-state index is -3.89. The van der Waals surface area contributed by atoms with Crippen LogP contribution >= 0.6 is 23.2 Å². The Bertz CT molecular complexity index is 1360. The number of hydrogen-bond acceptors (Lipinski definition) is 3. The number of benzene rings is 3. The van der Waals surface area contributed by atoms with Crippen LogP contribution in [0.25, 0.3) is 10.9 Å². The van der Waals surface area contributed by atoms with Crippen LogP contribution in [0.1, 0.15) is 5.56 Å². The molecule has 4 rings (SSSR count). The molecule has 0 bridgehead atoms. The molecule has 5 nitrogen and oxygen atoms in total. The summed E-state index contributed by atoms with van der Waals surface area (Å²) < 4.78 is 28.1. The summed E-state index contributed by atoms with van der Waals surface area (Å²) in [6, 6.07) is 21.3. The third kappa shape index (κ3) is 4.77. The average molecular weight is 473 g/mol. The van der Waals surface area contributed by atoms with Gasteiger partial charge in [-0.1, -0.05) is 65.7 Å². The minimum absolute atomic E-state index is 0.117. The molecule has 0 fully saturated rings. The van der Waals surface area contributed by atoms with E-state index in [1.54, 1.807) is 54.7 Å². The zero-order valence-corrected chi connectivity index (χ0v) is 18.6. The average Bonchev–Trinajstić information content (AvgIpc) is 3.11. The predicted molar refractivity (Wildman–Crippen MR) is 125 cm³/mol. The number of rotatable bonds is 6. The molecular weight excluding hydrogens is 455 g/mol. The van der Waals surface area contributed by atoms with Crippen LogP contribution in [0.15, 0.2) is 83.9 Å². The van der Waals surface area contributed by atoms with E-state index in [-0.39, 0.29) is 4.90 Å². The molecule has 4 aromatic rings. The Kier molecular flexibility index (Phi) is 6.05. The first-order chi connectivity index (χ1) is 14.8. The third-order valence-corrected chi connectivity index (χ3v) is 7.04. The Morgan fingerprint density at radius 2 is 1.58 bits per heavy atom.